The Morgan fingerprint density at radius 3 is 2.31 bits per heavy atom. The van der Waals surface area contributed by atoms with E-state index in [9.17, 15) is 0 Å². The van der Waals surface area contributed by atoms with Crippen molar-refractivity contribution in [3.63, 3.8) is 0 Å². The van der Waals surface area contributed by atoms with Crippen LogP contribution in [-0.2, 0) is 6.54 Å². The number of nitrogens with zero attached hydrogens (tertiary/aromatic N) is 4. The van der Waals surface area contributed by atoms with Crippen LogP contribution in [0.5, 0.6) is 0 Å². The SMILES string of the molecule is CCCCCCCCCn1cnc2c(N)nc(C#CC3(C)C4CC5CC(C4)CC3C5)nc21. The van der Waals surface area contributed by atoms with Crippen molar-refractivity contribution < 1.29 is 0 Å². The number of imidazole rings is 1. The summed E-state index contributed by atoms with van der Waals surface area (Å²) in [4.78, 5) is 13.8. The number of fused-ring (bicyclic) bond motifs is 1. The summed E-state index contributed by atoms with van der Waals surface area (Å²) >= 11 is 0. The van der Waals surface area contributed by atoms with Gasteiger partial charge in [0.2, 0.25) is 5.82 Å². The molecule has 5 heteroatoms. The monoisotopic (exact) mass is 433 g/mol. The third kappa shape index (κ3) is 4.14. The average Bonchev–Trinajstić information content (AvgIpc) is 3.18. The molecule has 4 fully saturated rings. The zero-order valence-corrected chi connectivity index (χ0v) is 19.9. The summed E-state index contributed by atoms with van der Waals surface area (Å²) in [7, 11) is 0. The molecule has 4 saturated carbocycles. The third-order valence-electron chi connectivity index (χ3n) is 8.77. The van der Waals surface area contributed by atoms with Crippen LogP contribution in [0, 0.1) is 40.9 Å². The van der Waals surface area contributed by atoms with Gasteiger partial charge in [-0.25, -0.2) is 15.0 Å². The number of nitrogen functional groups attached to an aromatic ring is 1. The first-order valence-electron chi connectivity index (χ1n) is 13.1. The first-order valence-corrected chi connectivity index (χ1v) is 13.1. The largest absolute Gasteiger partial charge is 0.382 e. The van der Waals surface area contributed by atoms with E-state index in [1.807, 2.05) is 6.33 Å². The minimum Gasteiger partial charge on any atom is -0.382 e. The van der Waals surface area contributed by atoms with Gasteiger partial charge in [-0.2, -0.15) is 0 Å². The smallest absolute Gasteiger partial charge is 0.208 e. The fourth-order valence-electron chi connectivity index (χ4n) is 6.98. The fraction of sp³-hybridized carbons (Fsp3) is 0.741. The lowest BCUT2D eigenvalue weighted by molar-refractivity contribution is -0.0654. The molecule has 6 rings (SSSR count). The second kappa shape index (κ2) is 9.04. The molecule has 0 spiro atoms. The second-order valence-corrected chi connectivity index (χ2v) is 11.0. The Kier molecular flexibility index (Phi) is 6.14. The van der Waals surface area contributed by atoms with Crippen LogP contribution in [0.2, 0.25) is 0 Å². The van der Waals surface area contributed by atoms with Gasteiger partial charge in [-0.05, 0) is 75.0 Å². The molecule has 4 aliphatic rings. The van der Waals surface area contributed by atoms with Gasteiger partial charge < -0.3 is 10.3 Å². The molecule has 172 valence electrons. The van der Waals surface area contributed by atoms with Gasteiger partial charge in [-0.3, -0.25) is 0 Å². The van der Waals surface area contributed by atoms with Gasteiger partial charge in [0.05, 0.1) is 6.33 Å². The van der Waals surface area contributed by atoms with Crippen LogP contribution in [0.4, 0.5) is 5.82 Å². The molecule has 32 heavy (non-hydrogen) atoms. The average molecular weight is 434 g/mol. The Labute approximate surface area is 193 Å². The van der Waals surface area contributed by atoms with Gasteiger partial charge in [0.1, 0.15) is 5.52 Å². The van der Waals surface area contributed by atoms with Crippen molar-refractivity contribution >= 4 is 17.0 Å². The number of anilines is 1. The highest BCUT2D eigenvalue weighted by molar-refractivity contribution is 5.81. The minimum atomic E-state index is 0.110. The van der Waals surface area contributed by atoms with Crippen molar-refractivity contribution in [2.45, 2.75) is 97.4 Å². The molecule has 2 heterocycles. The molecule has 0 atom stereocenters. The quantitative estimate of drug-likeness (QED) is 0.411. The fourth-order valence-corrected chi connectivity index (χ4v) is 6.98. The summed E-state index contributed by atoms with van der Waals surface area (Å²) in [6.07, 6.45) is 17.9. The first kappa shape index (κ1) is 21.7. The van der Waals surface area contributed by atoms with E-state index in [1.54, 1.807) is 0 Å². The van der Waals surface area contributed by atoms with E-state index in [2.05, 4.69) is 40.2 Å². The standard InChI is InChI=1S/C27H39N5/c1-3-4-5-6-7-8-9-12-32-18-29-24-25(28)30-23(31-26(24)32)10-11-27(2)21-14-19-13-20(16-21)17-22(27)15-19/h18-22H,3-9,12-17H2,1-2H3,(H2,28,30,31). The number of hydrogen-bond acceptors (Lipinski definition) is 4. The normalized spacial score (nSPS) is 30.6. The lowest BCUT2D eigenvalue weighted by atomic mass is 9.46. The number of rotatable bonds is 8. The molecule has 0 aliphatic heterocycles. The van der Waals surface area contributed by atoms with E-state index in [1.165, 1.54) is 70.6 Å². The van der Waals surface area contributed by atoms with Crippen LogP contribution >= 0.6 is 0 Å². The van der Waals surface area contributed by atoms with Crippen LogP contribution in [0.3, 0.4) is 0 Å². The van der Waals surface area contributed by atoms with E-state index >= 15 is 0 Å². The maximum absolute atomic E-state index is 6.26. The highest BCUT2D eigenvalue weighted by Gasteiger charge is 2.54. The summed E-state index contributed by atoms with van der Waals surface area (Å²) < 4.78 is 2.13. The van der Waals surface area contributed by atoms with Gasteiger partial charge in [-0.15, -0.1) is 0 Å². The maximum Gasteiger partial charge on any atom is 0.208 e. The molecule has 4 bridgehead atoms. The van der Waals surface area contributed by atoms with Crippen molar-refractivity contribution in [3.05, 3.63) is 12.2 Å². The summed E-state index contributed by atoms with van der Waals surface area (Å²) in [5.74, 6) is 11.5. The molecule has 5 nitrogen and oxygen atoms in total. The second-order valence-electron chi connectivity index (χ2n) is 11.0. The van der Waals surface area contributed by atoms with Crippen LogP contribution in [-0.4, -0.2) is 19.5 Å². The van der Waals surface area contributed by atoms with Crippen LogP contribution in [0.1, 0.15) is 96.7 Å². The molecule has 0 radical (unpaired) electrons. The van der Waals surface area contributed by atoms with Crippen molar-refractivity contribution in [2.75, 3.05) is 5.73 Å². The molecule has 0 unspecified atom stereocenters. The van der Waals surface area contributed by atoms with Gasteiger partial charge in [-0.1, -0.05) is 51.4 Å². The van der Waals surface area contributed by atoms with Gasteiger partial charge >= 0.3 is 0 Å². The van der Waals surface area contributed by atoms with E-state index in [-0.39, 0.29) is 5.41 Å². The predicted octanol–water partition coefficient (Wildman–Crippen LogP) is 5.97. The highest BCUT2D eigenvalue weighted by atomic mass is 15.1. The van der Waals surface area contributed by atoms with E-state index in [0.29, 0.717) is 17.2 Å². The first-order chi connectivity index (χ1) is 15.6. The summed E-state index contributed by atoms with van der Waals surface area (Å²) in [5, 5.41) is 0. The Hall–Kier alpha value is -2.09. The van der Waals surface area contributed by atoms with Crippen molar-refractivity contribution in [3.8, 4) is 11.8 Å². The molecule has 0 saturated heterocycles. The van der Waals surface area contributed by atoms with Gasteiger partial charge in [0.15, 0.2) is 11.5 Å². The van der Waals surface area contributed by atoms with Crippen LogP contribution in [0.25, 0.3) is 11.2 Å². The Morgan fingerprint density at radius 2 is 1.62 bits per heavy atom. The van der Waals surface area contributed by atoms with Crippen molar-refractivity contribution in [2.24, 2.45) is 29.1 Å². The maximum atomic E-state index is 6.26. The molecule has 2 aromatic rings. The Balaban J connectivity index is 1.29. The number of aryl methyl sites for hydroxylation is 1. The lowest BCUT2D eigenvalue weighted by Gasteiger charge is -2.58. The summed E-state index contributed by atoms with van der Waals surface area (Å²) in [5.41, 5.74) is 7.91. The number of hydrogen-bond donors (Lipinski definition) is 1. The molecule has 2 N–H and O–H groups in total. The van der Waals surface area contributed by atoms with Crippen molar-refractivity contribution in [1.29, 1.82) is 0 Å². The molecular formula is C27H39N5. The molecule has 0 amide bonds. The highest BCUT2D eigenvalue weighted by Crippen LogP contribution is 2.61. The van der Waals surface area contributed by atoms with E-state index < -0.39 is 0 Å². The third-order valence-corrected chi connectivity index (χ3v) is 8.77. The minimum absolute atomic E-state index is 0.110. The van der Waals surface area contributed by atoms with Crippen molar-refractivity contribution in [1.82, 2.24) is 19.5 Å². The molecule has 4 aliphatic carbocycles. The zero-order chi connectivity index (χ0) is 22.1. The van der Waals surface area contributed by atoms with Gasteiger partial charge in [0.25, 0.3) is 0 Å². The summed E-state index contributed by atoms with van der Waals surface area (Å²) in [6, 6.07) is 0. The topological polar surface area (TPSA) is 69.6 Å². The lowest BCUT2D eigenvalue weighted by Crippen LogP contribution is -2.50. The number of unbranched alkanes of at least 4 members (excludes halogenated alkanes) is 6. The number of aromatic nitrogens is 4. The molecular weight excluding hydrogens is 394 g/mol. The van der Waals surface area contributed by atoms with E-state index in [4.69, 9.17) is 10.7 Å². The Bertz CT molecular complexity index is 982. The predicted molar refractivity (Wildman–Crippen MR) is 130 cm³/mol. The van der Waals surface area contributed by atoms with Gasteiger partial charge in [0, 0.05) is 12.0 Å². The molecule has 2 aromatic heterocycles. The van der Waals surface area contributed by atoms with E-state index in [0.717, 1.165) is 42.3 Å². The van der Waals surface area contributed by atoms with Crippen LogP contribution in [0.15, 0.2) is 6.33 Å². The molecule has 0 aromatic carbocycles. The van der Waals surface area contributed by atoms with Crippen LogP contribution < -0.4 is 5.73 Å². The zero-order valence-electron chi connectivity index (χ0n) is 19.9. The Morgan fingerprint density at radius 1 is 0.969 bits per heavy atom. The summed E-state index contributed by atoms with van der Waals surface area (Å²) in [6.45, 7) is 5.59. The number of nitrogens with two attached hydrogens (primary N) is 1.